The normalized spacial score (nSPS) is 21.5. The van der Waals surface area contributed by atoms with Crippen LogP contribution in [0.1, 0.15) is 25.7 Å². The summed E-state index contributed by atoms with van der Waals surface area (Å²) in [6, 6.07) is 0. The predicted octanol–water partition coefficient (Wildman–Crippen LogP) is 0.753. The van der Waals surface area contributed by atoms with Crippen LogP contribution >= 0.6 is 0 Å². The zero-order chi connectivity index (χ0) is 7.94. The average molecular weight is 158 g/mol. The molecule has 1 fully saturated rings. The Hall–Kier alpha value is -0.120. The summed E-state index contributed by atoms with van der Waals surface area (Å²) in [5.74, 6) is 4.96. The van der Waals surface area contributed by atoms with E-state index in [9.17, 15) is 0 Å². The van der Waals surface area contributed by atoms with E-state index in [0.29, 0.717) is 6.61 Å². The van der Waals surface area contributed by atoms with E-state index in [-0.39, 0.29) is 0 Å². The maximum Gasteiger partial charge on any atom is 0.0806 e. The number of hydrogen-bond donors (Lipinski definition) is 1. The fourth-order valence-electron chi connectivity index (χ4n) is 1.54. The van der Waals surface area contributed by atoms with Gasteiger partial charge in [0.2, 0.25) is 0 Å². The molecule has 66 valence electrons. The molecule has 1 heterocycles. The maximum absolute atomic E-state index is 4.96. The SMILES string of the molecule is NOCCN1CCCCCC1. The zero-order valence-corrected chi connectivity index (χ0v) is 7.09. The highest BCUT2D eigenvalue weighted by molar-refractivity contribution is 4.62. The lowest BCUT2D eigenvalue weighted by molar-refractivity contribution is 0.107. The Morgan fingerprint density at radius 2 is 1.73 bits per heavy atom. The summed E-state index contributed by atoms with van der Waals surface area (Å²) < 4.78 is 0. The summed E-state index contributed by atoms with van der Waals surface area (Å²) in [7, 11) is 0. The molecule has 0 atom stereocenters. The molecule has 3 heteroatoms. The van der Waals surface area contributed by atoms with Crippen LogP contribution in [0.3, 0.4) is 0 Å². The van der Waals surface area contributed by atoms with Crippen molar-refractivity contribution < 1.29 is 4.84 Å². The Bertz CT molecular complexity index is 90.1. The minimum absolute atomic E-state index is 0.667. The summed E-state index contributed by atoms with van der Waals surface area (Å²) in [4.78, 5) is 6.97. The van der Waals surface area contributed by atoms with Crippen LogP contribution in [-0.2, 0) is 4.84 Å². The minimum Gasteiger partial charge on any atom is -0.303 e. The standard InChI is InChI=1S/C8H18N2O/c9-11-8-7-10-5-3-1-2-4-6-10/h1-9H2. The highest BCUT2D eigenvalue weighted by atomic mass is 16.6. The van der Waals surface area contributed by atoms with Crippen molar-refractivity contribution in [3.05, 3.63) is 0 Å². The largest absolute Gasteiger partial charge is 0.303 e. The van der Waals surface area contributed by atoms with Crippen LogP contribution in [0.5, 0.6) is 0 Å². The molecule has 0 aromatic carbocycles. The first-order valence-corrected chi connectivity index (χ1v) is 4.47. The van der Waals surface area contributed by atoms with Gasteiger partial charge in [-0.3, -0.25) is 0 Å². The highest BCUT2D eigenvalue weighted by Gasteiger charge is 2.07. The topological polar surface area (TPSA) is 38.5 Å². The highest BCUT2D eigenvalue weighted by Crippen LogP contribution is 2.08. The van der Waals surface area contributed by atoms with Crippen molar-refractivity contribution >= 4 is 0 Å². The second-order valence-electron chi connectivity index (χ2n) is 3.13. The molecule has 0 saturated carbocycles. The van der Waals surface area contributed by atoms with Crippen molar-refractivity contribution in [2.24, 2.45) is 5.90 Å². The molecule has 0 aliphatic carbocycles. The molecular weight excluding hydrogens is 140 g/mol. The van der Waals surface area contributed by atoms with Crippen molar-refractivity contribution in [3.63, 3.8) is 0 Å². The van der Waals surface area contributed by atoms with Crippen LogP contribution in [0.4, 0.5) is 0 Å². The van der Waals surface area contributed by atoms with Gasteiger partial charge in [-0.25, -0.2) is 5.90 Å². The van der Waals surface area contributed by atoms with Crippen LogP contribution in [0, 0.1) is 0 Å². The van der Waals surface area contributed by atoms with Gasteiger partial charge in [0.1, 0.15) is 0 Å². The van der Waals surface area contributed by atoms with Crippen molar-refractivity contribution in [1.29, 1.82) is 0 Å². The van der Waals surface area contributed by atoms with Crippen molar-refractivity contribution in [3.8, 4) is 0 Å². The second kappa shape index (κ2) is 5.52. The second-order valence-corrected chi connectivity index (χ2v) is 3.13. The van der Waals surface area contributed by atoms with Gasteiger partial charge in [0.05, 0.1) is 6.61 Å². The quantitative estimate of drug-likeness (QED) is 0.616. The summed E-state index contributed by atoms with van der Waals surface area (Å²) in [5, 5.41) is 0. The van der Waals surface area contributed by atoms with Gasteiger partial charge in [0.15, 0.2) is 0 Å². The molecule has 0 aromatic rings. The van der Waals surface area contributed by atoms with Gasteiger partial charge in [-0.2, -0.15) is 0 Å². The predicted molar refractivity (Wildman–Crippen MR) is 45.0 cm³/mol. The van der Waals surface area contributed by atoms with Crippen molar-refractivity contribution in [2.45, 2.75) is 25.7 Å². The molecule has 0 radical (unpaired) electrons. The van der Waals surface area contributed by atoms with Gasteiger partial charge in [-0.15, -0.1) is 0 Å². The Kier molecular flexibility index (Phi) is 4.50. The number of nitrogens with zero attached hydrogens (tertiary/aromatic N) is 1. The van der Waals surface area contributed by atoms with Gasteiger partial charge in [0, 0.05) is 6.54 Å². The molecule has 1 aliphatic rings. The van der Waals surface area contributed by atoms with E-state index < -0.39 is 0 Å². The molecule has 0 spiro atoms. The Morgan fingerprint density at radius 1 is 1.09 bits per heavy atom. The van der Waals surface area contributed by atoms with E-state index in [0.717, 1.165) is 6.54 Å². The molecule has 0 unspecified atom stereocenters. The van der Waals surface area contributed by atoms with E-state index in [4.69, 9.17) is 5.90 Å². The summed E-state index contributed by atoms with van der Waals surface area (Å²) in [6.45, 7) is 4.11. The van der Waals surface area contributed by atoms with Gasteiger partial charge in [0.25, 0.3) is 0 Å². The first-order valence-electron chi connectivity index (χ1n) is 4.47. The fourth-order valence-corrected chi connectivity index (χ4v) is 1.54. The molecule has 11 heavy (non-hydrogen) atoms. The molecule has 1 aliphatic heterocycles. The molecule has 3 nitrogen and oxygen atoms in total. The van der Waals surface area contributed by atoms with E-state index in [1.165, 1.54) is 38.8 Å². The Morgan fingerprint density at radius 3 is 2.27 bits per heavy atom. The molecule has 0 aromatic heterocycles. The third kappa shape index (κ3) is 3.70. The molecule has 1 rings (SSSR count). The van der Waals surface area contributed by atoms with Gasteiger partial charge in [-0.05, 0) is 25.9 Å². The number of hydrogen-bond acceptors (Lipinski definition) is 3. The van der Waals surface area contributed by atoms with Crippen molar-refractivity contribution in [1.82, 2.24) is 4.90 Å². The first kappa shape index (κ1) is 8.97. The lowest BCUT2D eigenvalue weighted by atomic mass is 10.2. The lowest BCUT2D eigenvalue weighted by Crippen LogP contribution is -2.29. The Labute approximate surface area is 68.5 Å². The number of rotatable bonds is 3. The van der Waals surface area contributed by atoms with Gasteiger partial charge >= 0.3 is 0 Å². The molecular formula is C8H18N2O. The van der Waals surface area contributed by atoms with Crippen LogP contribution < -0.4 is 5.90 Å². The summed E-state index contributed by atoms with van der Waals surface area (Å²) in [5.41, 5.74) is 0. The van der Waals surface area contributed by atoms with Crippen LogP contribution in [0.25, 0.3) is 0 Å². The van der Waals surface area contributed by atoms with E-state index >= 15 is 0 Å². The summed E-state index contributed by atoms with van der Waals surface area (Å²) >= 11 is 0. The van der Waals surface area contributed by atoms with E-state index in [1.54, 1.807) is 0 Å². The van der Waals surface area contributed by atoms with Gasteiger partial charge < -0.3 is 9.74 Å². The number of likely N-dealkylation sites (tertiary alicyclic amines) is 1. The lowest BCUT2D eigenvalue weighted by Gasteiger charge is -2.18. The first-order chi connectivity index (χ1) is 5.43. The molecule has 2 N–H and O–H groups in total. The molecule has 0 amide bonds. The zero-order valence-electron chi connectivity index (χ0n) is 7.09. The summed E-state index contributed by atoms with van der Waals surface area (Å²) in [6.07, 6.45) is 5.45. The third-order valence-electron chi connectivity index (χ3n) is 2.22. The van der Waals surface area contributed by atoms with Crippen LogP contribution in [0.15, 0.2) is 0 Å². The van der Waals surface area contributed by atoms with Crippen LogP contribution in [0.2, 0.25) is 0 Å². The fraction of sp³-hybridized carbons (Fsp3) is 1.00. The van der Waals surface area contributed by atoms with Crippen molar-refractivity contribution in [2.75, 3.05) is 26.2 Å². The van der Waals surface area contributed by atoms with E-state index in [2.05, 4.69) is 9.74 Å². The third-order valence-corrected chi connectivity index (χ3v) is 2.22. The average Bonchev–Trinajstić information content (AvgIpc) is 2.28. The minimum atomic E-state index is 0.667. The monoisotopic (exact) mass is 158 g/mol. The maximum atomic E-state index is 4.96. The van der Waals surface area contributed by atoms with E-state index in [1.807, 2.05) is 0 Å². The van der Waals surface area contributed by atoms with Gasteiger partial charge in [-0.1, -0.05) is 12.8 Å². The Balaban J connectivity index is 2.09. The smallest absolute Gasteiger partial charge is 0.0806 e. The molecule has 1 saturated heterocycles. The number of nitrogens with two attached hydrogens (primary N) is 1. The van der Waals surface area contributed by atoms with Crippen LogP contribution in [-0.4, -0.2) is 31.1 Å². The molecule has 0 bridgehead atoms.